The fraction of sp³-hybridized carbons (Fsp3) is 0.533. The lowest BCUT2D eigenvalue weighted by atomic mass is 10.1. The Bertz CT molecular complexity index is 379. The van der Waals surface area contributed by atoms with E-state index in [1.54, 1.807) is 6.92 Å². The van der Waals surface area contributed by atoms with Gasteiger partial charge in [-0.2, -0.15) is 0 Å². The van der Waals surface area contributed by atoms with Crippen LogP contribution in [-0.2, 0) is 20.9 Å². The highest BCUT2D eigenvalue weighted by Gasteiger charge is 2.16. The lowest BCUT2D eigenvalue weighted by molar-refractivity contribution is -0.145. The Hall–Kier alpha value is -1.43. The van der Waals surface area contributed by atoms with Crippen LogP contribution in [-0.4, -0.2) is 41.6 Å². The minimum Gasteiger partial charge on any atom is -0.466 e. The van der Waals surface area contributed by atoms with Crippen molar-refractivity contribution in [2.24, 2.45) is 0 Å². The number of esters is 1. The van der Waals surface area contributed by atoms with Crippen LogP contribution in [0.2, 0.25) is 0 Å². The van der Waals surface area contributed by atoms with E-state index >= 15 is 0 Å². The van der Waals surface area contributed by atoms with E-state index in [0.717, 1.165) is 5.56 Å². The molecule has 0 fully saturated rings. The van der Waals surface area contributed by atoms with E-state index in [-0.39, 0.29) is 26.1 Å². The highest BCUT2D eigenvalue weighted by atomic mass is 16.5. The largest absolute Gasteiger partial charge is 0.466 e. The van der Waals surface area contributed by atoms with Crippen molar-refractivity contribution in [1.29, 1.82) is 0 Å². The summed E-state index contributed by atoms with van der Waals surface area (Å²) in [4.78, 5) is 11.1. The lowest BCUT2D eigenvalue weighted by Crippen LogP contribution is -2.25. The van der Waals surface area contributed by atoms with Gasteiger partial charge in [-0.25, -0.2) is 0 Å². The molecule has 1 aromatic rings. The number of rotatable bonds is 9. The normalized spacial score (nSPS) is 13.8. The summed E-state index contributed by atoms with van der Waals surface area (Å²) in [5.41, 5.74) is 1.02. The van der Waals surface area contributed by atoms with Crippen molar-refractivity contribution >= 4 is 5.97 Å². The summed E-state index contributed by atoms with van der Waals surface area (Å²) in [6.45, 7) is 2.52. The zero-order chi connectivity index (χ0) is 14.8. The lowest BCUT2D eigenvalue weighted by Gasteiger charge is -2.15. The molecule has 0 aromatic heterocycles. The Kier molecular flexibility index (Phi) is 7.87. The summed E-state index contributed by atoms with van der Waals surface area (Å²) in [6, 6.07) is 9.62. The molecule has 112 valence electrons. The van der Waals surface area contributed by atoms with Crippen molar-refractivity contribution in [3.8, 4) is 0 Å². The summed E-state index contributed by atoms with van der Waals surface area (Å²) >= 11 is 0. The molecule has 1 rings (SSSR count). The van der Waals surface area contributed by atoms with E-state index in [0.29, 0.717) is 6.61 Å². The third kappa shape index (κ3) is 7.23. The second kappa shape index (κ2) is 9.47. The first-order chi connectivity index (χ1) is 9.61. The molecule has 2 atom stereocenters. The van der Waals surface area contributed by atoms with Gasteiger partial charge in [-0.05, 0) is 12.5 Å². The summed E-state index contributed by atoms with van der Waals surface area (Å²) < 4.78 is 10.1. The zero-order valence-electron chi connectivity index (χ0n) is 11.7. The number of carbonyl (C=O) groups excluding carboxylic acids is 1. The van der Waals surface area contributed by atoms with Crippen LogP contribution in [0.1, 0.15) is 25.3 Å². The van der Waals surface area contributed by atoms with Gasteiger partial charge in [-0.3, -0.25) is 4.79 Å². The van der Waals surface area contributed by atoms with E-state index in [4.69, 9.17) is 9.47 Å². The minimum absolute atomic E-state index is 0.0909. The van der Waals surface area contributed by atoms with Crippen LogP contribution in [0.5, 0.6) is 0 Å². The van der Waals surface area contributed by atoms with Gasteiger partial charge < -0.3 is 19.7 Å². The molecule has 0 saturated carbocycles. The van der Waals surface area contributed by atoms with E-state index < -0.39 is 18.2 Å². The van der Waals surface area contributed by atoms with Crippen molar-refractivity contribution < 1.29 is 24.5 Å². The van der Waals surface area contributed by atoms with Crippen LogP contribution in [0.25, 0.3) is 0 Å². The first kappa shape index (κ1) is 16.6. The van der Waals surface area contributed by atoms with Crippen LogP contribution in [0.3, 0.4) is 0 Å². The average Bonchev–Trinajstić information content (AvgIpc) is 2.39. The molecule has 0 radical (unpaired) electrons. The van der Waals surface area contributed by atoms with Gasteiger partial charge in [0.25, 0.3) is 0 Å². The molecule has 0 bridgehead atoms. The predicted octanol–water partition coefficient (Wildman–Crippen LogP) is 1.27. The van der Waals surface area contributed by atoms with Gasteiger partial charge in [0.2, 0.25) is 0 Å². The van der Waals surface area contributed by atoms with Crippen LogP contribution >= 0.6 is 0 Å². The maximum absolute atomic E-state index is 11.1. The minimum atomic E-state index is -0.913. The van der Waals surface area contributed by atoms with E-state index in [1.807, 2.05) is 30.3 Å². The van der Waals surface area contributed by atoms with Gasteiger partial charge in [-0.15, -0.1) is 0 Å². The van der Waals surface area contributed by atoms with Crippen LogP contribution in [0, 0.1) is 0 Å². The van der Waals surface area contributed by atoms with Crippen molar-refractivity contribution in [1.82, 2.24) is 0 Å². The Balaban J connectivity index is 2.16. The van der Waals surface area contributed by atoms with Crippen molar-refractivity contribution in [2.45, 2.75) is 38.6 Å². The number of ether oxygens (including phenoxy) is 2. The molecule has 5 nitrogen and oxygen atoms in total. The molecular weight excluding hydrogens is 260 g/mol. The fourth-order valence-electron chi connectivity index (χ4n) is 1.76. The van der Waals surface area contributed by atoms with Crippen LogP contribution in [0.4, 0.5) is 0 Å². The standard InChI is InChI=1S/C15H22O5/c1-2-20-15(18)9-13(16)8-14(17)11-19-10-12-6-4-3-5-7-12/h3-7,13-14,16-17H,2,8-11H2,1H3/t13-,14+/m1/s1. The highest BCUT2D eigenvalue weighted by molar-refractivity contribution is 5.69. The monoisotopic (exact) mass is 282 g/mol. The van der Waals surface area contributed by atoms with Gasteiger partial charge >= 0.3 is 5.97 Å². The number of carbonyl (C=O) groups is 1. The SMILES string of the molecule is CCOC(=O)C[C@H](O)C[C@H](O)COCc1ccccc1. The number of benzene rings is 1. The molecule has 0 aliphatic carbocycles. The third-order valence-corrected chi connectivity index (χ3v) is 2.67. The first-order valence-corrected chi connectivity index (χ1v) is 6.75. The topological polar surface area (TPSA) is 76.0 Å². The second-order valence-corrected chi connectivity index (χ2v) is 4.55. The maximum Gasteiger partial charge on any atom is 0.308 e. The zero-order valence-corrected chi connectivity index (χ0v) is 11.7. The van der Waals surface area contributed by atoms with E-state index in [1.165, 1.54) is 0 Å². The van der Waals surface area contributed by atoms with E-state index in [2.05, 4.69) is 0 Å². The molecule has 0 amide bonds. The smallest absolute Gasteiger partial charge is 0.308 e. The Morgan fingerprint density at radius 1 is 1.20 bits per heavy atom. The fourth-order valence-corrected chi connectivity index (χ4v) is 1.76. The first-order valence-electron chi connectivity index (χ1n) is 6.75. The summed E-state index contributed by atoms with van der Waals surface area (Å²) in [6.07, 6.45) is -1.73. The van der Waals surface area contributed by atoms with Crippen molar-refractivity contribution in [3.63, 3.8) is 0 Å². The second-order valence-electron chi connectivity index (χ2n) is 4.55. The molecule has 0 spiro atoms. The summed E-state index contributed by atoms with van der Waals surface area (Å²) in [7, 11) is 0. The number of hydrogen-bond donors (Lipinski definition) is 2. The quantitative estimate of drug-likeness (QED) is 0.667. The maximum atomic E-state index is 11.1. The van der Waals surface area contributed by atoms with Crippen molar-refractivity contribution in [2.75, 3.05) is 13.2 Å². The molecule has 0 aliphatic heterocycles. The Morgan fingerprint density at radius 2 is 1.90 bits per heavy atom. The van der Waals surface area contributed by atoms with E-state index in [9.17, 15) is 15.0 Å². The Morgan fingerprint density at radius 3 is 2.55 bits per heavy atom. The summed E-state index contributed by atoms with van der Waals surface area (Å²) in [5, 5.41) is 19.3. The van der Waals surface area contributed by atoms with Crippen LogP contribution < -0.4 is 0 Å². The molecule has 0 heterocycles. The van der Waals surface area contributed by atoms with Gasteiger partial charge in [0.15, 0.2) is 0 Å². The van der Waals surface area contributed by atoms with Gasteiger partial charge in [0.05, 0.1) is 38.4 Å². The number of aliphatic hydroxyl groups excluding tert-OH is 2. The third-order valence-electron chi connectivity index (χ3n) is 2.67. The number of aliphatic hydroxyl groups is 2. The van der Waals surface area contributed by atoms with Gasteiger partial charge in [0.1, 0.15) is 0 Å². The molecule has 2 N–H and O–H groups in total. The van der Waals surface area contributed by atoms with Crippen LogP contribution in [0.15, 0.2) is 30.3 Å². The summed E-state index contributed by atoms with van der Waals surface area (Å²) in [5.74, 6) is -0.461. The number of hydrogen-bond acceptors (Lipinski definition) is 5. The molecule has 20 heavy (non-hydrogen) atoms. The van der Waals surface area contributed by atoms with Crippen molar-refractivity contribution in [3.05, 3.63) is 35.9 Å². The van der Waals surface area contributed by atoms with Gasteiger partial charge in [0, 0.05) is 6.42 Å². The molecule has 0 aliphatic rings. The molecule has 1 aromatic carbocycles. The predicted molar refractivity (Wildman–Crippen MR) is 74.0 cm³/mol. The molecule has 0 unspecified atom stereocenters. The molecule has 0 saturated heterocycles. The Labute approximate surface area is 119 Å². The average molecular weight is 282 g/mol. The highest BCUT2D eigenvalue weighted by Crippen LogP contribution is 2.06. The van der Waals surface area contributed by atoms with Gasteiger partial charge in [-0.1, -0.05) is 30.3 Å². The molecule has 5 heteroatoms. The molecular formula is C15H22O5.